The first-order valence-corrected chi connectivity index (χ1v) is 11.9. The number of halogens is 3. The summed E-state index contributed by atoms with van der Waals surface area (Å²) in [7, 11) is 0. The number of carbonyl (C=O) groups is 2. The molecule has 1 aromatic heterocycles. The lowest BCUT2D eigenvalue weighted by Crippen LogP contribution is -2.49. The third kappa shape index (κ3) is 4.57. The number of benzene rings is 2. The number of anilines is 1. The molecule has 1 amide bonds. The predicted molar refractivity (Wildman–Crippen MR) is 132 cm³/mol. The Kier molecular flexibility index (Phi) is 6.63. The Bertz CT molecular complexity index is 1210. The van der Waals surface area contributed by atoms with Crippen LogP contribution in [0.5, 0.6) is 0 Å². The molecule has 2 heterocycles. The molecule has 8 heteroatoms. The highest BCUT2D eigenvalue weighted by atomic mass is 35.5. The zero-order valence-corrected chi connectivity index (χ0v) is 20.2. The normalized spacial score (nSPS) is 17.6. The minimum atomic E-state index is -0.838. The average Bonchev–Trinajstić information content (AvgIpc) is 3.43. The van der Waals surface area contributed by atoms with Crippen LogP contribution in [0.1, 0.15) is 34.1 Å². The number of hydrogen-bond donors (Lipinski definition) is 1. The molecule has 0 aliphatic carbocycles. The summed E-state index contributed by atoms with van der Waals surface area (Å²) in [5.41, 5.74) is 0.888. The van der Waals surface area contributed by atoms with Crippen molar-refractivity contribution in [1.82, 2.24) is 4.90 Å². The first-order chi connectivity index (χ1) is 15.3. The molecule has 1 aliphatic heterocycles. The van der Waals surface area contributed by atoms with E-state index in [1.807, 2.05) is 41.6 Å². The molecule has 1 atom stereocenters. The number of thiophene rings is 1. The number of nitrogens with zero attached hydrogens (tertiary/aromatic N) is 1. The third-order valence-corrected chi connectivity index (χ3v) is 7.32. The van der Waals surface area contributed by atoms with Crippen molar-refractivity contribution in [1.29, 1.82) is 0 Å². The zero-order chi connectivity index (χ0) is 22.9. The molecule has 0 saturated carbocycles. The Morgan fingerprint density at radius 2 is 1.91 bits per heavy atom. The van der Waals surface area contributed by atoms with Gasteiger partial charge in [-0.05, 0) is 66.9 Å². The smallest absolute Gasteiger partial charge is 0.250 e. The highest BCUT2D eigenvalue weighted by Crippen LogP contribution is 2.33. The third-order valence-electron chi connectivity index (χ3n) is 5.48. The Hall–Kier alpha value is -2.31. The van der Waals surface area contributed by atoms with Crippen molar-refractivity contribution in [3.8, 4) is 0 Å². The van der Waals surface area contributed by atoms with Crippen molar-refractivity contribution in [2.24, 2.45) is 0 Å². The second-order valence-corrected chi connectivity index (χ2v) is 9.89. The SMILES string of the molecule is C[C@]1(C(=O)Nc2ccc(Cl)cc2C(=O)c2cccs2)CC=CN1Cc1ccc(Cl)c(Cl)c1. The second-order valence-electron chi connectivity index (χ2n) is 7.69. The Morgan fingerprint density at radius 3 is 2.62 bits per heavy atom. The quantitative estimate of drug-likeness (QED) is 0.365. The van der Waals surface area contributed by atoms with Gasteiger partial charge >= 0.3 is 0 Å². The molecule has 4 nitrogen and oxygen atoms in total. The molecule has 2 aromatic carbocycles. The van der Waals surface area contributed by atoms with Gasteiger partial charge in [-0.2, -0.15) is 0 Å². The van der Waals surface area contributed by atoms with Gasteiger partial charge in [0.05, 0.1) is 20.6 Å². The van der Waals surface area contributed by atoms with Crippen LogP contribution < -0.4 is 5.32 Å². The monoisotopic (exact) mass is 504 g/mol. The van der Waals surface area contributed by atoms with Gasteiger partial charge in [0.15, 0.2) is 0 Å². The molecule has 0 fully saturated rings. The summed E-state index contributed by atoms with van der Waals surface area (Å²) in [6.07, 6.45) is 4.39. The molecule has 0 bridgehead atoms. The first kappa shape index (κ1) is 22.9. The van der Waals surface area contributed by atoms with Crippen LogP contribution in [0.3, 0.4) is 0 Å². The molecule has 164 valence electrons. The van der Waals surface area contributed by atoms with Gasteiger partial charge in [0.2, 0.25) is 11.7 Å². The standard InChI is InChI=1S/C24H19Cl3N2O2S/c1-24(9-3-10-29(24)14-15-5-7-18(26)19(27)12-15)23(31)28-20-8-6-16(25)13-17(20)22(30)21-4-2-11-32-21/h2-8,10-13H,9,14H2,1H3,(H,28,31)/t24-/m1/s1. The van der Waals surface area contributed by atoms with Crippen LogP contribution in [-0.2, 0) is 11.3 Å². The maximum absolute atomic E-state index is 13.4. The molecular weight excluding hydrogens is 487 g/mol. The summed E-state index contributed by atoms with van der Waals surface area (Å²) in [5.74, 6) is -0.398. The summed E-state index contributed by atoms with van der Waals surface area (Å²) in [4.78, 5) is 28.9. The van der Waals surface area contributed by atoms with E-state index < -0.39 is 5.54 Å². The topological polar surface area (TPSA) is 49.4 Å². The highest BCUT2D eigenvalue weighted by molar-refractivity contribution is 7.12. The van der Waals surface area contributed by atoms with Gasteiger partial charge in [-0.15, -0.1) is 11.3 Å². The lowest BCUT2D eigenvalue weighted by Gasteiger charge is -2.35. The van der Waals surface area contributed by atoms with Crippen LogP contribution in [0.25, 0.3) is 0 Å². The highest BCUT2D eigenvalue weighted by Gasteiger charge is 2.40. The molecule has 32 heavy (non-hydrogen) atoms. The van der Waals surface area contributed by atoms with Crippen LogP contribution in [0.4, 0.5) is 5.69 Å². The fourth-order valence-electron chi connectivity index (χ4n) is 3.59. The number of ketones is 1. The summed E-state index contributed by atoms with van der Waals surface area (Å²) in [6, 6.07) is 13.9. The van der Waals surface area contributed by atoms with Gasteiger partial charge in [-0.25, -0.2) is 0 Å². The molecule has 0 saturated heterocycles. The number of nitrogens with one attached hydrogen (secondary N) is 1. The molecule has 3 aromatic rings. The van der Waals surface area contributed by atoms with Gasteiger partial charge in [-0.3, -0.25) is 9.59 Å². The number of amides is 1. The van der Waals surface area contributed by atoms with E-state index in [1.54, 1.807) is 36.4 Å². The summed E-state index contributed by atoms with van der Waals surface area (Å²) in [6.45, 7) is 2.36. The summed E-state index contributed by atoms with van der Waals surface area (Å²) >= 11 is 19.7. The largest absolute Gasteiger partial charge is 0.359 e. The molecule has 0 radical (unpaired) electrons. The fourth-order valence-corrected chi connectivity index (χ4v) is 4.76. The van der Waals surface area contributed by atoms with E-state index in [4.69, 9.17) is 34.8 Å². The van der Waals surface area contributed by atoms with Crippen molar-refractivity contribution >= 4 is 63.5 Å². The Labute approximate surface area is 205 Å². The van der Waals surface area contributed by atoms with Crippen molar-refractivity contribution in [3.05, 3.63) is 97.3 Å². The predicted octanol–water partition coefficient (Wildman–Crippen LogP) is 7.06. The molecule has 1 N–H and O–H groups in total. The van der Waals surface area contributed by atoms with Gasteiger partial charge < -0.3 is 10.2 Å². The lowest BCUT2D eigenvalue weighted by atomic mass is 9.96. The van der Waals surface area contributed by atoms with Crippen molar-refractivity contribution in [2.45, 2.75) is 25.4 Å². The van der Waals surface area contributed by atoms with Gasteiger partial charge in [0.1, 0.15) is 5.54 Å². The molecule has 4 rings (SSSR count). The van der Waals surface area contributed by atoms with Crippen LogP contribution in [0, 0.1) is 0 Å². The zero-order valence-electron chi connectivity index (χ0n) is 17.1. The van der Waals surface area contributed by atoms with E-state index in [0.717, 1.165) is 5.56 Å². The lowest BCUT2D eigenvalue weighted by molar-refractivity contribution is -0.125. The van der Waals surface area contributed by atoms with E-state index in [9.17, 15) is 9.59 Å². The molecule has 1 aliphatic rings. The first-order valence-electron chi connectivity index (χ1n) is 9.84. The van der Waals surface area contributed by atoms with E-state index in [1.165, 1.54) is 11.3 Å². The van der Waals surface area contributed by atoms with E-state index in [0.29, 0.717) is 44.2 Å². The van der Waals surface area contributed by atoms with Crippen LogP contribution >= 0.6 is 46.1 Å². The number of hydrogen-bond acceptors (Lipinski definition) is 4. The van der Waals surface area contributed by atoms with Crippen LogP contribution in [-0.4, -0.2) is 22.1 Å². The fraction of sp³-hybridized carbons (Fsp3) is 0.167. The van der Waals surface area contributed by atoms with Crippen LogP contribution in [0.15, 0.2) is 66.2 Å². The summed E-state index contributed by atoms with van der Waals surface area (Å²) < 4.78 is 0. The Balaban J connectivity index is 1.58. The maximum Gasteiger partial charge on any atom is 0.250 e. The van der Waals surface area contributed by atoms with E-state index in [2.05, 4.69) is 5.32 Å². The average molecular weight is 506 g/mol. The Morgan fingerprint density at radius 1 is 1.09 bits per heavy atom. The molecule has 0 spiro atoms. The maximum atomic E-state index is 13.4. The number of rotatable bonds is 6. The van der Waals surface area contributed by atoms with Crippen molar-refractivity contribution < 1.29 is 9.59 Å². The van der Waals surface area contributed by atoms with Crippen molar-refractivity contribution in [2.75, 3.05) is 5.32 Å². The molecular formula is C24H19Cl3N2O2S. The molecule has 0 unspecified atom stereocenters. The minimum absolute atomic E-state index is 0.180. The van der Waals surface area contributed by atoms with Gasteiger partial charge in [0, 0.05) is 17.1 Å². The second kappa shape index (κ2) is 9.28. The van der Waals surface area contributed by atoms with E-state index >= 15 is 0 Å². The number of carbonyl (C=O) groups excluding carboxylic acids is 2. The summed E-state index contributed by atoms with van der Waals surface area (Å²) in [5, 5.41) is 6.17. The van der Waals surface area contributed by atoms with Gasteiger partial charge in [0.25, 0.3) is 0 Å². The minimum Gasteiger partial charge on any atom is -0.359 e. The van der Waals surface area contributed by atoms with Crippen LogP contribution in [0.2, 0.25) is 15.1 Å². The van der Waals surface area contributed by atoms with E-state index in [-0.39, 0.29) is 11.7 Å². The van der Waals surface area contributed by atoms with Gasteiger partial charge in [-0.1, -0.05) is 53.0 Å². The van der Waals surface area contributed by atoms with Crippen molar-refractivity contribution in [3.63, 3.8) is 0 Å².